The molecule has 0 saturated heterocycles. The second kappa shape index (κ2) is 7.43. The zero-order valence-electron chi connectivity index (χ0n) is 11.9. The fourth-order valence-corrected chi connectivity index (χ4v) is 2.01. The number of halogens is 1. The molecule has 0 bridgehead atoms. The summed E-state index contributed by atoms with van der Waals surface area (Å²) in [5.74, 6) is 0.380. The fourth-order valence-electron chi connectivity index (χ4n) is 2.01. The van der Waals surface area contributed by atoms with Crippen molar-refractivity contribution in [3.8, 4) is 5.75 Å². The van der Waals surface area contributed by atoms with Crippen molar-refractivity contribution in [1.29, 1.82) is 0 Å². The van der Waals surface area contributed by atoms with Crippen LogP contribution in [0.4, 0.5) is 4.39 Å². The predicted molar refractivity (Wildman–Crippen MR) is 79.6 cm³/mol. The van der Waals surface area contributed by atoms with Gasteiger partial charge in [-0.05, 0) is 30.2 Å². The first kappa shape index (κ1) is 15.0. The van der Waals surface area contributed by atoms with E-state index in [4.69, 9.17) is 4.74 Å². The van der Waals surface area contributed by atoms with Crippen LogP contribution in [0.25, 0.3) is 0 Å². The molecular formula is C17H18FNO2. The summed E-state index contributed by atoms with van der Waals surface area (Å²) >= 11 is 0. The van der Waals surface area contributed by atoms with Crippen molar-refractivity contribution in [2.24, 2.45) is 0 Å². The van der Waals surface area contributed by atoms with Crippen molar-refractivity contribution in [3.63, 3.8) is 0 Å². The summed E-state index contributed by atoms with van der Waals surface area (Å²) in [6, 6.07) is 14.0. The lowest BCUT2D eigenvalue weighted by molar-refractivity contribution is -0.121. The highest BCUT2D eigenvalue weighted by Gasteiger charge is 2.05. The molecule has 0 radical (unpaired) electrons. The number of aryl methyl sites for hydroxylation is 1. The highest BCUT2D eigenvalue weighted by Crippen LogP contribution is 2.14. The Morgan fingerprint density at radius 1 is 1.19 bits per heavy atom. The Labute approximate surface area is 123 Å². The normalized spacial score (nSPS) is 10.2. The van der Waals surface area contributed by atoms with Gasteiger partial charge in [-0.2, -0.15) is 0 Å². The zero-order chi connectivity index (χ0) is 15.1. The van der Waals surface area contributed by atoms with Crippen molar-refractivity contribution in [1.82, 2.24) is 5.32 Å². The molecule has 2 rings (SSSR count). The van der Waals surface area contributed by atoms with Crippen LogP contribution in [0.2, 0.25) is 0 Å². The van der Waals surface area contributed by atoms with Crippen molar-refractivity contribution in [2.45, 2.75) is 19.4 Å². The maximum Gasteiger partial charge on any atom is 0.220 e. The van der Waals surface area contributed by atoms with Gasteiger partial charge in [-0.25, -0.2) is 4.39 Å². The minimum atomic E-state index is -0.300. The van der Waals surface area contributed by atoms with Crippen molar-refractivity contribution in [3.05, 3.63) is 65.5 Å². The Bertz CT molecular complexity index is 613. The first-order chi connectivity index (χ1) is 10.2. The van der Waals surface area contributed by atoms with E-state index in [-0.39, 0.29) is 18.3 Å². The minimum Gasteiger partial charge on any atom is -0.497 e. The molecule has 2 aromatic carbocycles. The molecule has 0 aliphatic carbocycles. The lowest BCUT2D eigenvalue weighted by atomic mass is 10.1. The summed E-state index contributed by atoms with van der Waals surface area (Å²) < 4.78 is 18.5. The number of hydrogen-bond donors (Lipinski definition) is 1. The molecule has 4 heteroatoms. The van der Waals surface area contributed by atoms with Gasteiger partial charge in [0.2, 0.25) is 5.91 Å². The highest BCUT2D eigenvalue weighted by molar-refractivity contribution is 5.76. The van der Waals surface area contributed by atoms with Crippen molar-refractivity contribution in [2.75, 3.05) is 7.11 Å². The molecule has 0 aromatic heterocycles. The van der Waals surface area contributed by atoms with Crippen molar-refractivity contribution < 1.29 is 13.9 Å². The number of ether oxygens (including phenoxy) is 1. The van der Waals surface area contributed by atoms with E-state index in [2.05, 4.69) is 5.32 Å². The van der Waals surface area contributed by atoms with E-state index in [0.29, 0.717) is 18.4 Å². The molecule has 110 valence electrons. The number of carbonyl (C=O) groups is 1. The standard InChI is InChI=1S/C17H18FNO2/c1-21-15-7-4-5-13(11-15)9-10-17(20)19-12-14-6-2-3-8-16(14)18/h2-8,11H,9-10,12H2,1H3,(H,19,20). The van der Waals surface area contributed by atoms with E-state index in [1.165, 1.54) is 6.07 Å². The molecule has 0 heterocycles. The van der Waals surface area contributed by atoms with Gasteiger partial charge in [-0.1, -0.05) is 30.3 Å². The average molecular weight is 287 g/mol. The number of carbonyl (C=O) groups excluding carboxylic acids is 1. The number of nitrogens with one attached hydrogen (secondary N) is 1. The Kier molecular flexibility index (Phi) is 5.32. The summed E-state index contributed by atoms with van der Waals surface area (Å²) in [5, 5.41) is 2.73. The first-order valence-corrected chi connectivity index (χ1v) is 6.82. The van der Waals surface area contributed by atoms with Crippen LogP contribution in [0, 0.1) is 5.82 Å². The predicted octanol–water partition coefficient (Wildman–Crippen LogP) is 3.08. The van der Waals surface area contributed by atoms with Gasteiger partial charge >= 0.3 is 0 Å². The Hall–Kier alpha value is -2.36. The molecule has 0 fully saturated rings. The van der Waals surface area contributed by atoms with E-state index in [9.17, 15) is 9.18 Å². The Balaban J connectivity index is 1.81. The van der Waals surface area contributed by atoms with Crippen LogP contribution in [-0.2, 0) is 17.8 Å². The summed E-state index contributed by atoms with van der Waals surface area (Å²) in [4.78, 5) is 11.8. The number of rotatable bonds is 6. The second-order valence-electron chi connectivity index (χ2n) is 4.72. The molecule has 1 N–H and O–H groups in total. The third-order valence-electron chi connectivity index (χ3n) is 3.21. The molecular weight excluding hydrogens is 269 g/mol. The smallest absolute Gasteiger partial charge is 0.220 e. The van der Waals surface area contributed by atoms with Crippen LogP contribution in [-0.4, -0.2) is 13.0 Å². The van der Waals surface area contributed by atoms with E-state index >= 15 is 0 Å². The second-order valence-corrected chi connectivity index (χ2v) is 4.72. The summed E-state index contributed by atoms with van der Waals surface area (Å²) in [6.45, 7) is 0.212. The van der Waals surface area contributed by atoms with Gasteiger partial charge < -0.3 is 10.1 Å². The molecule has 21 heavy (non-hydrogen) atoms. The molecule has 0 atom stereocenters. The fraction of sp³-hybridized carbons (Fsp3) is 0.235. The van der Waals surface area contributed by atoms with Crippen LogP contribution in [0.1, 0.15) is 17.5 Å². The van der Waals surface area contributed by atoms with E-state index in [0.717, 1.165) is 11.3 Å². The minimum absolute atomic E-state index is 0.0962. The van der Waals surface area contributed by atoms with Crippen LogP contribution in [0.15, 0.2) is 48.5 Å². The average Bonchev–Trinajstić information content (AvgIpc) is 2.52. The molecule has 0 aliphatic rings. The van der Waals surface area contributed by atoms with Crippen molar-refractivity contribution >= 4 is 5.91 Å². The van der Waals surface area contributed by atoms with Gasteiger partial charge in [-0.15, -0.1) is 0 Å². The van der Waals surface area contributed by atoms with Gasteiger partial charge in [0.15, 0.2) is 0 Å². The summed E-state index contributed by atoms with van der Waals surface area (Å²) in [5.41, 5.74) is 1.53. The summed E-state index contributed by atoms with van der Waals surface area (Å²) in [7, 11) is 1.61. The highest BCUT2D eigenvalue weighted by atomic mass is 19.1. The number of amides is 1. The van der Waals surface area contributed by atoms with Gasteiger partial charge in [0, 0.05) is 18.5 Å². The molecule has 2 aromatic rings. The third-order valence-corrected chi connectivity index (χ3v) is 3.21. The largest absolute Gasteiger partial charge is 0.497 e. The van der Waals surface area contributed by atoms with Gasteiger partial charge in [0.05, 0.1) is 7.11 Å². The van der Waals surface area contributed by atoms with Crippen LogP contribution < -0.4 is 10.1 Å². The van der Waals surface area contributed by atoms with Gasteiger partial charge in [0.25, 0.3) is 0 Å². The SMILES string of the molecule is COc1cccc(CCC(=O)NCc2ccccc2F)c1. The van der Waals surface area contributed by atoms with Gasteiger partial charge in [-0.3, -0.25) is 4.79 Å². The van der Waals surface area contributed by atoms with Crippen LogP contribution in [0.5, 0.6) is 5.75 Å². The monoisotopic (exact) mass is 287 g/mol. The van der Waals surface area contributed by atoms with Gasteiger partial charge in [0.1, 0.15) is 11.6 Å². The molecule has 0 spiro atoms. The van der Waals surface area contributed by atoms with E-state index < -0.39 is 0 Å². The summed E-state index contributed by atoms with van der Waals surface area (Å²) in [6.07, 6.45) is 0.988. The lowest BCUT2D eigenvalue weighted by Gasteiger charge is -2.07. The first-order valence-electron chi connectivity index (χ1n) is 6.82. The number of benzene rings is 2. The maximum absolute atomic E-state index is 13.4. The Morgan fingerprint density at radius 3 is 2.76 bits per heavy atom. The topological polar surface area (TPSA) is 38.3 Å². The zero-order valence-corrected chi connectivity index (χ0v) is 11.9. The van der Waals surface area contributed by atoms with Crippen LogP contribution in [0.3, 0.4) is 0 Å². The number of hydrogen-bond acceptors (Lipinski definition) is 2. The molecule has 0 unspecified atom stereocenters. The van der Waals surface area contributed by atoms with Crippen LogP contribution >= 0.6 is 0 Å². The molecule has 1 amide bonds. The third kappa shape index (κ3) is 4.60. The van der Waals surface area contributed by atoms with E-state index in [1.54, 1.807) is 25.3 Å². The molecule has 0 saturated carbocycles. The quantitative estimate of drug-likeness (QED) is 0.886. The number of methoxy groups -OCH3 is 1. The van der Waals surface area contributed by atoms with E-state index in [1.807, 2.05) is 24.3 Å². The molecule has 0 aliphatic heterocycles. The molecule has 3 nitrogen and oxygen atoms in total. The maximum atomic E-state index is 13.4. The Morgan fingerprint density at radius 2 is 2.00 bits per heavy atom. The lowest BCUT2D eigenvalue weighted by Crippen LogP contribution is -2.23.